The molecule has 0 bridgehead atoms. The van der Waals surface area contributed by atoms with Crippen molar-refractivity contribution in [3.05, 3.63) is 94.8 Å². The molecule has 3 heterocycles. The Bertz CT molecular complexity index is 1380. The molecule has 0 aliphatic carbocycles. The van der Waals surface area contributed by atoms with Crippen LogP contribution in [0.5, 0.6) is 5.75 Å². The van der Waals surface area contributed by atoms with Crippen molar-refractivity contribution < 1.29 is 17.9 Å². The van der Waals surface area contributed by atoms with Gasteiger partial charge in [-0.1, -0.05) is 35.9 Å². The monoisotopic (exact) mass is 519 g/mol. The highest BCUT2D eigenvalue weighted by atomic mass is 32.2. The number of sulfonamides is 1. The van der Waals surface area contributed by atoms with Crippen molar-refractivity contribution in [1.29, 1.82) is 0 Å². The summed E-state index contributed by atoms with van der Waals surface area (Å²) in [7, 11) is -3.53. The van der Waals surface area contributed by atoms with Crippen molar-refractivity contribution in [3.8, 4) is 5.75 Å². The van der Waals surface area contributed by atoms with Gasteiger partial charge in [0.1, 0.15) is 11.9 Å². The molecular weight excluding hydrogens is 486 g/mol. The average Bonchev–Trinajstić information content (AvgIpc) is 3.56. The summed E-state index contributed by atoms with van der Waals surface area (Å²) in [6.07, 6.45) is 3.91. The van der Waals surface area contributed by atoms with Crippen molar-refractivity contribution in [3.63, 3.8) is 0 Å². The quantitative estimate of drug-likeness (QED) is 0.454. The topological polar surface area (TPSA) is 79.8 Å². The third-order valence-corrected chi connectivity index (χ3v) is 9.05. The Morgan fingerprint density at radius 2 is 1.89 bits per heavy atom. The number of amides is 1. The molecule has 7 nitrogen and oxygen atoms in total. The maximum absolute atomic E-state index is 13.4. The van der Waals surface area contributed by atoms with Crippen LogP contribution < -0.4 is 4.74 Å². The number of aryl methyl sites for hydroxylation is 2. The summed E-state index contributed by atoms with van der Waals surface area (Å²) >= 11 is 0. The second-order valence-corrected chi connectivity index (χ2v) is 11.9. The van der Waals surface area contributed by atoms with Crippen LogP contribution in [0.25, 0.3) is 0 Å². The van der Waals surface area contributed by atoms with E-state index in [1.807, 2.05) is 73.3 Å². The van der Waals surface area contributed by atoms with Gasteiger partial charge in [-0.05, 0) is 68.1 Å². The second-order valence-electron chi connectivity index (χ2n) is 10.0. The molecule has 1 aromatic heterocycles. The molecule has 194 valence electrons. The van der Waals surface area contributed by atoms with E-state index in [1.165, 1.54) is 0 Å². The molecule has 0 saturated carbocycles. The zero-order valence-corrected chi connectivity index (χ0v) is 22.2. The first-order valence-corrected chi connectivity index (χ1v) is 14.4. The van der Waals surface area contributed by atoms with Gasteiger partial charge in [0, 0.05) is 31.3 Å². The van der Waals surface area contributed by atoms with Gasteiger partial charge in [0.15, 0.2) is 0 Å². The van der Waals surface area contributed by atoms with Crippen molar-refractivity contribution in [2.45, 2.75) is 51.0 Å². The molecule has 1 unspecified atom stereocenters. The zero-order valence-electron chi connectivity index (χ0n) is 21.3. The largest absolute Gasteiger partial charge is 0.489 e. The summed E-state index contributed by atoms with van der Waals surface area (Å²) in [5.41, 5.74) is 4.25. The van der Waals surface area contributed by atoms with Crippen molar-refractivity contribution >= 4 is 15.9 Å². The molecule has 2 aromatic carbocycles. The summed E-state index contributed by atoms with van der Waals surface area (Å²) in [6, 6.07) is 18.6. The third-order valence-electron chi connectivity index (χ3n) is 7.20. The van der Waals surface area contributed by atoms with E-state index in [1.54, 1.807) is 16.6 Å². The highest BCUT2D eigenvalue weighted by molar-refractivity contribution is 7.88. The van der Waals surface area contributed by atoms with E-state index in [0.717, 1.165) is 41.6 Å². The predicted molar refractivity (Wildman–Crippen MR) is 143 cm³/mol. The minimum Gasteiger partial charge on any atom is -0.489 e. The van der Waals surface area contributed by atoms with Gasteiger partial charge in [-0.15, -0.1) is 0 Å². The highest BCUT2D eigenvalue weighted by Gasteiger charge is 2.36. The summed E-state index contributed by atoms with van der Waals surface area (Å²) in [6.45, 7) is 5.59. The average molecular weight is 520 g/mol. The van der Waals surface area contributed by atoms with E-state index in [-0.39, 0.29) is 23.8 Å². The van der Waals surface area contributed by atoms with Crippen molar-refractivity contribution in [2.24, 2.45) is 0 Å². The lowest BCUT2D eigenvalue weighted by Gasteiger charge is -2.24. The lowest BCUT2D eigenvalue weighted by molar-refractivity contribution is 0.0771. The van der Waals surface area contributed by atoms with Crippen molar-refractivity contribution in [1.82, 2.24) is 14.2 Å². The van der Waals surface area contributed by atoms with Crippen LogP contribution in [-0.4, -0.2) is 54.3 Å². The molecule has 5 rings (SSSR count). The van der Waals surface area contributed by atoms with E-state index in [9.17, 15) is 13.2 Å². The Morgan fingerprint density at radius 1 is 1.03 bits per heavy atom. The van der Waals surface area contributed by atoms with Crippen LogP contribution in [-0.2, 0) is 15.8 Å². The van der Waals surface area contributed by atoms with Crippen LogP contribution in [0.1, 0.15) is 58.0 Å². The number of pyridine rings is 1. The van der Waals surface area contributed by atoms with E-state index < -0.39 is 10.0 Å². The fraction of sp³-hybridized carbons (Fsp3) is 0.379. The number of hydrogen-bond donors (Lipinski definition) is 0. The lowest BCUT2D eigenvalue weighted by atomic mass is 10.0. The molecule has 2 aliphatic heterocycles. The van der Waals surface area contributed by atoms with Crippen LogP contribution in [0.3, 0.4) is 0 Å². The number of carbonyl (C=O) groups excluding carboxylic acids is 1. The number of aromatic nitrogens is 1. The molecule has 8 heteroatoms. The Balaban J connectivity index is 1.23. The fourth-order valence-corrected chi connectivity index (χ4v) is 7.06. The van der Waals surface area contributed by atoms with E-state index in [0.29, 0.717) is 30.9 Å². The Labute approximate surface area is 219 Å². The van der Waals surface area contributed by atoms with Crippen LogP contribution in [0.2, 0.25) is 0 Å². The van der Waals surface area contributed by atoms with E-state index >= 15 is 0 Å². The molecule has 0 N–H and O–H groups in total. The molecule has 1 amide bonds. The Morgan fingerprint density at radius 3 is 2.70 bits per heavy atom. The summed E-state index contributed by atoms with van der Waals surface area (Å²) in [4.78, 5) is 19.3. The minimum absolute atomic E-state index is 0.0280. The first-order chi connectivity index (χ1) is 17.8. The van der Waals surface area contributed by atoms with Crippen LogP contribution in [0.15, 0.2) is 66.9 Å². The number of likely N-dealkylation sites (tertiary alicyclic amines) is 1. The van der Waals surface area contributed by atoms with Crippen molar-refractivity contribution in [2.75, 3.05) is 19.6 Å². The van der Waals surface area contributed by atoms with Gasteiger partial charge in [-0.3, -0.25) is 9.78 Å². The molecule has 3 aromatic rings. The number of carbonyl (C=O) groups is 1. The van der Waals surface area contributed by atoms with Gasteiger partial charge in [-0.25, -0.2) is 8.42 Å². The van der Waals surface area contributed by atoms with Crippen LogP contribution >= 0.6 is 0 Å². The molecule has 0 radical (unpaired) electrons. The number of hydrogen-bond acceptors (Lipinski definition) is 5. The lowest BCUT2D eigenvalue weighted by Crippen LogP contribution is -2.32. The molecule has 37 heavy (non-hydrogen) atoms. The smallest absolute Gasteiger partial charge is 0.254 e. The molecule has 2 aliphatic rings. The van der Waals surface area contributed by atoms with Gasteiger partial charge >= 0.3 is 0 Å². The number of nitrogens with zero attached hydrogens (tertiary/aromatic N) is 3. The maximum atomic E-state index is 13.4. The number of ether oxygens (including phenoxy) is 1. The van der Waals surface area contributed by atoms with Gasteiger partial charge in [0.25, 0.3) is 5.91 Å². The normalized spacial score (nSPS) is 20.3. The van der Waals surface area contributed by atoms with Crippen LogP contribution in [0, 0.1) is 13.8 Å². The molecule has 2 atom stereocenters. The first kappa shape index (κ1) is 25.4. The van der Waals surface area contributed by atoms with Gasteiger partial charge < -0.3 is 9.64 Å². The summed E-state index contributed by atoms with van der Waals surface area (Å²) < 4.78 is 34.5. The highest BCUT2D eigenvalue weighted by Crippen LogP contribution is 2.34. The van der Waals surface area contributed by atoms with E-state index in [4.69, 9.17) is 4.74 Å². The number of benzene rings is 2. The van der Waals surface area contributed by atoms with Crippen LogP contribution in [0.4, 0.5) is 0 Å². The minimum atomic E-state index is -3.53. The Hall–Kier alpha value is -3.23. The number of rotatable bonds is 7. The predicted octanol–water partition coefficient (Wildman–Crippen LogP) is 4.66. The summed E-state index contributed by atoms with van der Waals surface area (Å²) in [5, 5.41) is 0. The molecule has 0 spiro atoms. The SMILES string of the molecule is Cc1ccc(C)c(C(=O)N2CC[C@H](Oc3cccc(CS(=O)(=O)N4CCCC4c4ccccn4)c3)C2)c1. The molecule has 2 saturated heterocycles. The fourth-order valence-electron chi connectivity index (χ4n) is 5.28. The van der Waals surface area contributed by atoms with Gasteiger partial charge in [0.2, 0.25) is 10.0 Å². The zero-order chi connectivity index (χ0) is 26.0. The summed E-state index contributed by atoms with van der Waals surface area (Å²) in [5.74, 6) is 0.566. The molecular formula is C29H33N3O4S. The van der Waals surface area contributed by atoms with Gasteiger partial charge in [0.05, 0.1) is 24.0 Å². The van der Waals surface area contributed by atoms with Gasteiger partial charge in [-0.2, -0.15) is 4.31 Å². The molecule has 2 fully saturated rings. The maximum Gasteiger partial charge on any atom is 0.254 e. The van der Waals surface area contributed by atoms with E-state index in [2.05, 4.69) is 4.98 Å². The second kappa shape index (κ2) is 10.6. The first-order valence-electron chi connectivity index (χ1n) is 12.8. The Kier molecular flexibility index (Phi) is 7.31. The standard InChI is InChI=1S/C29H33N3O4S/c1-21-11-12-22(2)26(17-21)29(33)31-16-13-25(19-31)36-24-8-5-7-23(18-24)20-37(34,35)32-15-6-10-28(32)27-9-3-4-14-30-27/h3-5,7-9,11-12,14,17-18,25,28H,6,10,13,15-16,19-20H2,1-2H3/t25-,28?/m0/s1. The third kappa shape index (κ3) is 5.70.